The molecule has 0 aliphatic rings. The standard InChI is InChI=1S/C18H17ClFNO4/c1-24-16-7-4-13(8-15(16)20)9-18(23)25-11-17(22)21-10-12-2-5-14(19)6-3-12/h2-8H,9-11H2,1H3,(H,21,22). The van der Waals surface area contributed by atoms with Crippen molar-refractivity contribution < 1.29 is 23.5 Å². The molecule has 0 aliphatic heterocycles. The highest BCUT2D eigenvalue weighted by Gasteiger charge is 2.11. The minimum Gasteiger partial charge on any atom is -0.494 e. The van der Waals surface area contributed by atoms with Crippen LogP contribution in [0.4, 0.5) is 4.39 Å². The second kappa shape index (κ2) is 9.03. The van der Waals surface area contributed by atoms with Gasteiger partial charge in [0.15, 0.2) is 18.2 Å². The van der Waals surface area contributed by atoms with Crippen LogP contribution in [0.5, 0.6) is 5.75 Å². The molecule has 0 saturated carbocycles. The van der Waals surface area contributed by atoms with Gasteiger partial charge in [-0.15, -0.1) is 0 Å². The molecule has 0 unspecified atom stereocenters. The van der Waals surface area contributed by atoms with Gasteiger partial charge in [0.2, 0.25) is 0 Å². The summed E-state index contributed by atoms with van der Waals surface area (Å²) < 4.78 is 23.2. The molecular weight excluding hydrogens is 349 g/mol. The molecule has 0 saturated heterocycles. The lowest BCUT2D eigenvalue weighted by atomic mass is 10.1. The van der Waals surface area contributed by atoms with E-state index < -0.39 is 24.3 Å². The van der Waals surface area contributed by atoms with Gasteiger partial charge in [-0.2, -0.15) is 0 Å². The minimum atomic E-state index is -0.619. The molecule has 0 spiro atoms. The normalized spacial score (nSPS) is 10.2. The van der Waals surface area contributed by atoms with Crippen molar-refractivity contribution in [2.75, 3.05) is 13.7 Å². The van der Waals surface area contributed by atoms with Gasteiger partial charge in [0.1, 0.15) is 0 Å². The molecule has 7 heteroatoms. The number of ether oxygens (including phenoxy) is 2. The van der Waals surface area contributed by atoms with Crippen molar-refractivity contribution in [2.45, 2.75) is 13.0 Å². The van der Waals surface area contributed by atoms with Crippen molar-refractivity contribution in [1.82, 2.24) is 5.32 Å². The average Bonchev–Trinajstić information content (AvgIpc) is 2.59. The third-order valence-electron chi connectivity index (χ3n) is 3.33. The largest absolute Gasteiger partial charge is 0.494 e. The molecule has 1 N–H and O–H groups in total. The number of hydrogen-bond acceptors (Lipinski definition) is 4. The van der Waals surface area contributed by atoms with E-state index in [2.05, 4.69) is 5.32 Å². The summed E-state index contributed by atoms with van der Waals surface area (Å²) in [7, 11) is 1.36. The average molecular weight is 366 g/mol. The Balaban J connectivity index is 1.74. The topological polar surface area (TPSA) is 64.6 Å². The molecule has 2 rings (SSSR count). The molecule has 1 amide bonds. The first-order valence-electron chi connectivity index (χ1n) is 7.47. The van der Waals surface area contributed by atoms with Crippen molar-refractivity contribution in [1.29, 1.82) is 0 Å². The van der Waals surface area contributed by atoms with Gasteiger partial charge < -0.3 is 14.8 Å². The van der Waals surface area contributed by atoms with Crippen LogP contribution >= 0.6 is 11.6 Å². The lowest BCUT2D eigenvalue weighted by Gasteiger charge is -2.08. The zero-order valence-corrected chi connectivity index (χ0v) is 14.3. The highest BCUT2D eigenvalue weighted by molar-refractivity contribution is 6.30. The Morgan fingerprint density at radius 3 is 2.44 bits per heavy atom. The van der Waals surface area contributed by atoms with E-state index in [4.69, 9.17) is 21.1 Å². The van der Waals surface area contributed by atoms with Gasteiger partial charge in [0.05, 0.1) is 13.5 Å². The quantitative estimate of drug-likeness (QED) is 0.766. The summed E-state index contributed by atoms with van der Waals surface area (Å²) in [6.45, 7) is -0.0949. The zero-order chi connectivity index (χ0) is 18.2. The van der Waals surface area contributed by atoms with Crippen LogP contribution in [0, 0.1) is 5.82 Å². The summed E-state index contributed by atoms with van der Waals surface area (Å²) in [6.07, 6.45) is -0.134. The lowest BCUT2D eigenvalue weighted by Crippen LogP contribution is -2.28. The highest BCUT2D eigenvalue weighted by atomic mass is 35.5. The first-order chi connectivity index (χ1) is 12.0. The third kappa shape index (κ3) is 6.08. The first-order valence-corrected chi connectivity index (χ1v) is 7.85. The second-order valence-corrected chi connectivity index (χ2v) is 5.65. The Morgan fingerprint density at radius 1 is 1.12 bits per heavy atom. The van der Waals surface area contributed by atoms with Gasteiger partial charge in [0, 0.05) is 11.6 Å². The molecule has 132 valence electrons. The summed E-state index contributed by atoms with van der Waals surface area (Å²) in [5, 5.41) is 3.24. The fourth-order valence-corrected chi connectivity index (χ4v) is 2.16. The van der Waals surface area contributed by atoms with Gasteiger partial charge in [-0.25, -0.2) is 4.39 Å². The summed E-state index contributed by atoms with van der Waals surface area (Å²) in [4.78, 5) is 23.4. The maximum Gasteiger partial charge on any atom is 0.310 e. The van der Waals surface area contributed by atoms with Crippen molar-refractivity contribution in [3.8, 4) is 5.75 Å². The number of carbonyl (C=O) groups is 2. The molecule has 0 atom stereocenters. The van der Waals surface area contributed by atoms with Crippen LogP contribution in [0.3, 0.4) is 0 Å². The molecule has 2 aromatic rings. The van der Waals surface area contributed by atoms with Crippen molar-refractivity contribution in [2.24, 2.45) is 0 Å². The number of benzene rings is 2. The van der Waals surface area contributed by atoms with Gasteiger partial charge in [-0.05, 0) is 35.4 Å². The van der Waals surface area contributed by atoms with Crippen LogP contribution in [0.1, 0.15) is 11.1 Å². The van der Waals surface area contributed by atoms with E-state index in [-0.39, 0.29) is 12.2 Å². The number of rotatable bonds is 7. The van der Waals surface area contributed by atoms with Crippen LogP contribution in [0.15, 0.2) is 42.5 Å². The fraction of sp³-hybridized carbons (Fsp3) is 0.222. The summed E-state index contributed by atoms with van der Waals surface area (Å²) in [5.74, 6) is -1.51. The summed E-state index contributed by atoms with van der Waals surface area (Å²) in [6, 6.07) is 11.2. The molecule has 0 fully saturated rings. The third-order valence-corrected chi connectivity index (χ3v) is 3.58. The van der Waals surface area contributed by atoms with Gasteiger partial charge in [-0.3, -0.25) is 9.59 Å². The monoisotopic (exact) mass is 365 g/mol. The van der Waals surface area contributed by atoms with Crippen LogP contribution in [-0.2, 0) is 27.3 Å². The number of nitrogens with one attached hydrogen (secondary N) is 1. The van der Waals surface area contributed by atoms with Crippen molar-refractivity contribution in [3.63, 3.8) is 0 Å². The number of methoxy groups -OCH3 is 1. The van der Waals surface area contributed by atoms with Gasteiger partial charge in [-0.1, -0.05) is 29.8 Å². The second-order valence-electron chi connectivity index (χ2n) is 5.21. The number of esters is 1. The van der Waals surface area contributed by atoms with Crippen molar-refractivity contribution in [3.05, 3.63) is 64.4 Å². The van der Waals surface area contributed by atoms with E-state index >= 15 is 0 Å². The number of carbonyl (C=O) groups excluding carboxylic acids is 2. The number of amides is 1. The van der Waals surface area contributed by atoms with E-state index in [1.807, 2.05) is 0 Å². The Morgan fingerprint density at radius 2 is 1.80 bits per heavy atom. The molecule has 0 aliphatic carbocycles. The molecule has 25 heavy (non-hydrogen) atoms. The minimum absolute atomic E-state index is 0.0960. The molecule has 2 aromatic carbocycles. The Labute approximate surface area is 149 Å². The maximum atomic E-state index is 13.6. The van der Waals surface area contributed by atoms with E-state index in [1.54, 1.807) is 30.3 Å². The van der Waals surface area contributed by atoms with E-state index in [9.17, 15) is 14.0 Å². The van der Waals surface area contributed by atoms with E-state index in [0.717, 1.165) is 5.56 Å². The molecular formula is C18H17ClFNO4. The molecule has 0 aromatic heterocycles. The Bertz CT molecular complexity index is 749. The SMILES string of the molecule is COc1ccc(CC(=O)OCC(=O)NCc2ccc(Cl)cc2)cc1F. The predicted molar refractivity (Wildman–Crippen MR) is 90.9 cm³/mol. The van der Waals surface area contributed by atoms with Crippen LogP contribution in [0.25, 0.3) is 0 Å². The van der Waals surface area contributed by atoms with E-state index in [0.29, 0.717) is 17.1 Å². The first kappa shape index (κ1) is 18.7. The highest BCUT2D eigenvalue weighted by Crippen LogP contribution is 2.18. The van der Waals surface area contributed by atoms with Crippen LogP contribution < -0.4 is 10.1 Å². The summed E-state index contributed by atoms with van der Waals surface area (Å²) >= 11 is 5.78. The fourth-order valence-electron chi connectivity index (χ4n) is 2.04. The van der Waals surface area contributed by atoms with Crippen LogP contribution in [0.2, 0.25) is 5.02 Å². The lowest BCUT2D eigenvalue weighted by molar-refractivity contribution is -0.147. The Kier molecular flexibility index (Phi) is 6.77. The van der Waals surface area contributed by atoms with Gasteiger partial charge in [0.25, 0.3) is 5.91 Å². The van der Waals surface area contributed by atoms with Crippen LogP contribution in [-0.4, -0.2) is 25.6 Å². The van der Waals surface area contributed by atoms with E-state index in [1.165, 1.54) is 19.2 Å². The van der Waals surface area contributed by atoms with Crippen molar-refractivity contribution >= 4 is 23.5 Å². The van der Waals surface area contributed by atoms with Gasteiger partial charge >= 0.3 is 5.97 Å². The smallest absolute Gasteiger partial charge is 0.310 e. The molecule has 0 bridgehead atoms. The maximum absolute atomic E-state index is 13.6. The zero-order valence-electron chi connectivity index (χ0n) is 13.6. The predicted octanol–water partition coefficient (Wildman–Crippen LogP) is 2.89. The summed E-state index contributed by atoms with van der Waals surface area (Å²) in [5.41, 5.74) is 1.31. The molecule has 0 heterocycles. The molecule has 0 radical (unpaired) electrons. The Hall–Kier alpha value is -2.60. The number of halogens is 2. The number of hydrogen-bond donors (Lipinski definition) is 1. The molecule has 5 nitrogen and oxygen atoms in total.